The quantitative estimate of drug-likeness (QED) is 0.158. The molecule has 0 fully saturated rings. The highest BCUT2D eigenvalue weighted by Gasteiger charge is 2.34. The van der Waals surface area contributed by atoms with E-state index >= 15 is 0 Å². The Morgan fingerprint density at radius 3 is 2.51 bits per heavy atom. The predicted octanol–water partition coefficient (Wildman–Crippen LogP) is 5.48. The van der Waals surface area contributed by atoms with E-state index in [0.29, 0.717) is 31.5 Å². The molecule has 1 aromatic heterocycles. The van der Waals surface area contributed by atoms with E-state index in [9.17, 15) is 28.0 Å². The van der Waals surface area contributed by atoms with Crippen molar-refractivity contribution < 1.29 is 32.7 Å². The molecule has 0 saturated carbocycles. The smallest absolute Gasteiger partial charge is 0.417 e. The van der Waals surface area contributed by atoms with Crippen LogP contribution in [0.5, 0.6) is 0 Å². The zero-order valence-corrected chi connectivity index (χ0v) is 21.6. The number of hydrogen-bond donors (Lipinski definition) is 4. The molecule has 0 radical (unpaired) electrons. The van der Waals surface area contributed by atoms with Gasteiger partial charge in [-0.15, -0.1) is 0 Å². The maximum atomic E-state index is 13.7. The molecule has 2 amide bonds. The highest BCUT2D eigenvalue weighted by molar-refractivity contribution is 5.94. The third-order valence-electron chi connectivity index (χ3n) is 5.52. The second kappa shape index (κ2) is 12.0. The maximum Gasteiger partial charge on any atom is 0.417 e. The summed E-state index contributed by atoms with van der Waals surface area (Å²) in [5.41, 5.74) is 0.255. The van der Waals surface area contributed by atoms with Gasteiger partial charge in [0, 0.05) is 24.3 Å². The molecule has 0 aliphatic heterocycles. The summed E-state index contributed by atoms with van der Waals surface area (Å²) in [7, 11) is 0. The Morgan fingerprint density at radius 1 is 1.13 bits per heavy atom. The summed E-state index contributed by atoms with van der Waals surface area (Å²) in [5, 5.41) is 23.9. The molecule has 0 saturated heterocycles. The number of alkyl carbamates (subject to hydrolysis) is 1. The summed E-state index contributed by atoms with van der Waals surface area (Å²) in [6.45, 7) is 5.93. The summed E-state index contributed by atoms with van der Waals surface area (Å²) in [5.74, 6) is -0.526. The Bertz CT molecular complexity index is 1390. The fourth-order valence-corrected chi connectivity index (χ4v) is 3.83. The lowest BCUT2D eigenvalue weighted by Crippen LogP contribution is -2.33. The van der Waals surface area contributed by atoms with Gasteiger partial charge in [-0.1, -0.05) is 6.07 Å². The Balaban J connectivity index is 1.84. The molecule has 208 valence electrons. The van der Waals surface area contributed by atoms with Crippen LogP contribution in [0, 0.1) is 11.3 Å². The fourth-order valence-electron chi connectivity index (χ4n) is 3.83. The van der Waals surface area contributed by atoms with Gasteiger partial charge in [-0.05, 0) is 70.4 Å². The molecule has 0 atom stereocenters. The molecular weight excluding hydrogens is 517 g/mol. The van der Waals surface area contributed by atoms with Crippen molar-refractivity contribution in [1.82, 2.24) is 20.3 Å². The number of ether oxygens (including phenoxy) is 1. The van der Waals surface area contributed by atoms with Gasteiger partial charge in [0.1, 0.15) is 5.60 Å². The number of nitrogens with zero attached hydrogens (tertiary/aromatic N) is 3. The number of fused-ring (bicyclic) bond motifs is 1. The van der Waals surface area contributed by atoms with Gasteiger partial charge in [0.05, 0.1) is 28.2 Å². The van der Waals surface area contributed by atoms with Crippen molar-refractivity contribution in [3.63, 3.8) is 0 Å². The lowest BCUT2D eigenvalue weighted by atomic mass is 10.1. The molecule has 0 unspecified atom stereocenters. The molecule has 10 nitrogen and oxygen atoms in total. The highest BCUT2D eigenvalue weighted by Crippen LogP contribution is 2.35. The molecule has 3 rings (SSSR count). The van der Waals surface area contributed by atoms with Crippen LogP contribution in [0.15, 0.2) is 36.4 Å². The Labute approximate surface area is 222 Å². The van der Waals surface area contributed by atoms with Gasteiger partial charge in [0.25, 0.3) is 5.91 Å². The van der Waals surface area contributed by atoms with Crippen LogP contribution in [0.1, 0.15) is 61.5 Å². The van der Waals surface area contributed by atoms with Crippen molar-refractivity contribution in [1.29, 1.82) is 5.26 Å². The van der Waals surface area contributed by atoms with Gasteiger partial charge in [-0.3, -0.25) is 10.0 Å². The van der Waals surface area contributed by atoms with Gasteiger partial charge >= 0.3 is 12.3 Å². The van der Waals surface area contributed by atoms with E-state index in [2.05, 4.69) is 15.6 Å². The number of imidazole rings is 1. The average molecular weight is 547 g/mol. The molecule has 13 heteroatoms. The number of hydrogen-bond acceptors (Lipinski definition) is 7. The Hall–Kier alpha value is -4.31. The molecular formula is C26H29F3N6O4. The van der Waals surface area contributed by atoms with E-state index in [1.54, 1.807) is 49.0 Å². The first-order valence-electron chi connectivity index (χ1n) is 12.1. The van der Waals surface area contributed by atoms with Gasteiger partial charge in [-0.2, -0.15) is 18.4 Å². The van der Waals surface area contributed by atoms with Crippen molar-refractivity contribution in [3.8, 4) is 6.07 Å². The van der Waals surface area contributed by atoms with Crippen LogP contribution in [0.4, 0.5) is 29.6 Å². The van der Waals surface area contributed by atoms with E-state index in [4.69, 9.17) is 9.94 Å². The van der Waals surface area contributed by atoms with Crippen LogP contribution in [0.3, 0.4) is 0 Å². The fraction of sp³-hybridized carbons (Fsp3) is 0.385. The number of halogens is 3. The normalized spacial score (nSPS) is 11.6. The number of alkyl halides is 3. The summed E-state index contributed by atoms with van der Waals surface area (Å²) in [6, 6.07) is 9.70. The summed E-state index contributed by atoms with van der Waals surface area (Å²) < 4.78 is 47.7. The maximum absolute atomic E-state index is 13.7. The minimum Gasteiger partial charge on any atom is -0.444 e. The molecule has 3 aromatic rings. The Kier molecular flexibility index (Phi) is 9.03. The zero-order chi connectivity index (χ0) is 28.8. The predicted molar refractivity (Wildman–Crippen MR) is 137 cm³/mol. The van der Waals surface area contributed by atoms with Crippen molar-refractivity contribution in [2.24, 2.45) is 0 Å². The standard InChI is InChI=1S/C26H29F3N6O4/c1-25(2,3)39-24(37)31-10-5-4-6-11-35-21-14-19(26(27,28)29)17(15-30)13-20(21)33-23(35)32-18-9-7-8-16(12-18)22(36)34-38/h7-9,12-14,38H,4-6,10-11H2,1-3H3,(H,31,37)(H,32,33)(H,34,36). The van der Waals surface area contributed by atoms with Gasteiger partial charge in [-0.25, -0.2) is 15.3 Å². The molecule has 0 spiro atoms. The third-order valence-corrected chi connectivity index (χ3v) is 5.52. The number of benzene rings is 2. The molecule has 39 heavy (non-hydrogen) atoms. The number of aromatic nitrogens is 2. The number of carbonyl (C=O) groups excluding carboxylic acids is 2. The zero-order valence-electron chi connectivity index (χ0n) is 21.6. The van der Waals surface area contributed by atoms with Crippen molar-refractivity contribution >= 4 is 34.7 Å². The number of unbranched alkanes of at least 4 members (excludes halogenated alkanes) is 2. The number of aryl methyl sites for hydroxylation is 1. The molecule has 0 bridgehead atoms. The van der Waals surface area contributed by atoms with Crippen molar-refractivity contribution in [3.05, 3.63) is 53.1 Å². The van der Waals surface area contributed by atoms with Gasteiger partial charge in [0.15, 0.2) is 0 Å². The van der Waals surface area contributed by atoms with Crippen LogP contribution >= 0.6 is 0 Å². The van der Waals surface area contributed by atoms with Crippen LogP contribution in [0.2, 0.25) is 0 Å². The first-order chi connectivity index (χ1) is 18.3. The summed E-state index contributed by atoms with van der Waals surface area (Å²) in [6.07, 6.45) is -3.46. The SMILES string of the molecule is CC(C)(C)OC(=O)NCCCCCn1c(Nc2cccc(C(=O)NO)c2)nc2cc(C#N)c(C(F)(F)F)cc21. The second-order valence-corrected chi connectivity index (χ2v) is 9.72. The van der Waals surface area contributed by atoms with Crippen LogP contribution in [-0.2, 0) is 17.5 Å². The first kappa shape index (κ1) is 29.2. The number of nitriles is 1. The lowest BCUT2D eigenvalue weighted by molar-refractivity contribution is -0.137. The van der Waals surface area contributed by atoms with Crippen molar-refractivity contribution in [2.45, 2.75) is 58.4 Å². The molecule has 4 N–H and O–H groups in total. The minimum atomic E-state index is -4.73. The average Bonchev–Trinajstić information content (AvgIpc) is 3.19. The number of anilines is 2. The molecule has 1 heterocycles. The largest absolute Gasteiger partial charge is 0.444 e. The van der Waals surface area contributed by atoms with E-state index in [1.807, 2.05) is 0 Å². The van der Waals surface area contributed by atoms with Crippen LogP contribution in [0.25, 0.3) is 11.0 Å². The van der Waals surface area contributed by atoms with E-state index < -0.39 is 34.9 Å². The van der Waals surface area contributed by atoms with Crippen LogP contribution in [-0.4, -0.2) is 38.9 Å². The second-order valence-electron chi connectivity index (χ2n) is 9.72. The van der Waals surface area contributed by atoms with E-state index in [0.717, 1.165) is 12.1 Å². The summed E-state index contributed by atoms with van der Waals surface area (Å²) >= 11 is 0. The van der Waals surface area contributed by atoms with Crippen LogP contribution < -0.4 is 16.1 Å². The monoisotopic (exact) mass is 546 g/mol. The Morgan fingerprint density at radius 2 is 1.87 bits per heavy atom. The van der Waals surface area contributed by atoms with Gasteiger partial charge in [0.2, 0.25) is 5.95 Å². The molecule has 0 aliphatic carbocycles. The molecule has 0 aliphatic rings. The number of carbonyl (C=O) groups is 2. The third kappa shape index (κ3) is 7.84. The minimum absolute atomic E-state index is 0.147. The summed E-state index contributed by atoms with van der Waals surface area (Å²) in [4.78, 5) is 28.0. The van der Waals surface area contributed by atoms with E-state index in [1.165, 1.54) is 12.1 Å². The van der Waals surface area contributed by atoms with E-state index in [-0.39, 0.29) is 29.1 Å². The van der Waals surface area contributed by atoms with Gasteiger partial charge < -0.3 is 19.9 Å². The number of amides is 2. The highest BCUT2D eigenvalue weighted by atomic mass is 19.4. The lowest BCUT2D eigenvalue weighted by Gasteiger charge is -2.19. The topological polar surface area (TPSA) is 141 Å². The molecule has 2 aromatic carbocycles. The first-order valence-corrected chi connectivity index (χ1v) is 12.1. The number of nitrogens with one attached hydrogen (secondary N) is 3. The number of hydroxylamine groups is 1. The van der Waals surface area contributed by atoms with Crippen molar-refractivity contribution in [2.75, 3.05) is 11.9 Å². The number of rotatable bonds is 9.